The fourth-order valence-electron chi connectivity index (χ4n) is 9.53. The first-order chi connectivity index (χ1) is 28.3. The summed E-state index contributed by atoms with van der Waals surface area (Å²) in [6.07, 6.45) is -8.08. The lowest BCUT2D eigenvalue weighted by Crippen LogP contribution is -2.58. The molecule has 3 fully saturated rings. The number of carbonyl (C=O) groups excluding carboxylic acids is 5. The molecular formula is C43H53NO16. The monoisotopic (exact) mass is 839 g/mol. The van der Waals surface area contributed by atoms with Crippen molar-refractivity contribution < 1.29 is 77.6 Å². The molecule has 13 atom stereocenters. The first kappa shape index (κ1) is 43.9. The normalized spacial score (nSPS) is 35.4. The second-order valence-electron chi connectivity index (χ2n) is 16.8. The number of hydrogen-bond donors (Lipinski definition) is 4. The number of carbonyl (C=O) groups is 5. The average molecular weight is 840 g/mol. The Morgan fingerprint density at radius 2 is 1.55 bits per heavy atom. The maximum absolute atomic E-state index is 14.0. The fourth-order valence-corrected chi connectivity index (χ4v) is 9.53. The molecule has 2 aromatic carbocycles. The Bertz CT molecular complexity index is 2040. The molecule has 0 unspecified atom stereocenters. The number of aliphatic hydroxyl groups is 2. The summed E-state index contributed by atoms with van der Waals surface area (Å²) in [6, 6.07) is 4.86. The Labute approximate surface area is 346 Å². The summed E-state index contributed by atoms with van der Waals surface area (Å²) >= 11 is 0. The van der Waals surface area contributed by atoms with E-state index in [2.05, 4.69) is 0 Å². The molecule has 2 aliphatic carbocycles. The number of hydrogen-bond acceptors (Lipinski definition) is 17. The molecule has 0 spiro atoms. The van der Waals surface area contributed by atoms with Crippen LogP contribution in [0.4, 0.5) is 0 Å². The number of aromatic hydroxyl groups is 2. The van der Waals surface area contributed by atoms with Crippen molar-refractivity contribution in [2.75, 3.05) is 21.2 Å². The van der Waals surface area contributed by atoms with Gasteiger partial charge in [0, 0.05) is 61.3 Å². The van der Waals surface area contributed by atoms with Gasteiger partial charge in [-0.25, -0.2) is 0 Å². The van der Waals surface area contributed by atoms with E-state index in [0.717, 1.165) is 7.11 Å². The molecule has 4 N–H and O–H groups in total. The third-order valence-electron chi connectivity index (χ3n) is 12.4. The van der Waals surface area contributed by atoms with Crippen LogP contribution >= 0.6 is 0 Å². The highest BCUT2D eigenvalue weighted by atomic mass is 16.7. The summed E-state index contributed by atoms with van der Waals surface area (Å²) in [5.41, 5.74) is -3.36. The second kappa shape index (κ2) is 16.9. The van der Waals surface area contributed by atoms with Crippen LogP contribution in [-0.2, 0) is 47.5 Å². The number of likely N-dealkylation sites (N-methyl/N-ethyl adjacent to an activating group) is 1. The highest BCUT2D eigenvalue weighted by Crippen LogP contribution is 2.54. The van der Waals surface area contributed by atoms with E-state index in [1.165, 1.54) is 31.2 Å². The summed E-state index contributed by atoms with van der Waals surface area (Å²) in [4.78, 5) is 67.9. The van der Waals surface area contributed by atoms with Gasteiger partial charge >= 0.3 is 5.97 Å². The van der Waals surface area contributed by atoms with E-state index in [-0.39, 0.29) is 46.4 Å². The first-order valence-electron chi connectivity index (χ1n) is 20.2. The Hall–Kier alpha value is -4.17. The van der Waals surface area contributed by atoms with Gasteiger partial charge in [0.15, 0.2) is 30.4 Å². The van der Waals surface area contributed by atoms with Crippen LogP contribution in [0.15, 0.2) is 24.3 Å². The van der Waals surface area contributed by atoms with Crippen molar-refractivity contribution in [1.82, 2.24) is 4.90 Å². The number of nitrogens with zero attached hydrogens (tertiary/aromatic N) is 1. The van der Waals surface area contributed by atoms with Crippen LogP contribution in [0.1, 0.15) is 121 Å². The zero-order valence-corrected chi connectivity index (χ0v) is 34.6. The van der Waals surface area contributed by atoms with Crippen LogP contribution in [0.5, 0.6) is 11.5 Å². The summed E-state index contributed by atoms with van der Waals surface area (Å²) in [7, 11) is 4.78. The Morgan fingerprint density at radius 3 is 2.18 bits per heavy atom. The van der Waals surface area contributed by atoms with Crippen molar-refractivity contribution in [2.24, 2.45) is 0 Å². The Morgan fingerprint density at radius 1 is 0.883 bits per heavy atom. The van der Waals surface area contributed by atoms with Gasteiger partial charge in [0.2, 0.25) is 5.78 Å². The number of aliphatic hydroxyl groups excluding tert-OH is 1. The molecule has 60 heavy (non-hydrogen) atoms. The number of methoxy groups -OCH3 is 1. The highest BCUT2D eigenvalue weighted by Gasteiger charge is 2.55. The zero-order chi connectivity index (χ0) is 43.5. The van der Waals surface area contributed by atoms with E-state index < -0.39 is 132 Å². The SMILES string of the molecule is COC(=O)[C@@H]1c2cc3c(c(O)c2[C@@H](O[C@H]2C[C@H](N(C)C)[C@H](O[C@@H]4C[C@H](O)[C@H](O[C@@H]5CCC(=O)[C@@H](C)O5)[C@H](C)O4)[C@@H](C)O2)C[C@]1(O)CC(C)=O)C(=O)c1c(O)cccc1C3=O. The van der Waals surface area contributed by atoms with Crippen molar-refractivity contribution in [2.45, 2.75) is 145 Å². The molecule has 0 bridgehead atoms. The molecule has 2 aromatic rings. The lowest BCUT2D eigenvalue weighted by atomic mass is 9.66. The maximum Gasteiger partial charge on any atom is 0.316 e. The fraction of sp³-hybridized carbons (Fsp3) is 0.605. The number of Topliss-reactive ketones (excluding diaryl/α,β-unsaturated/α-hetero) is 2. The van der Waals surface area contributed by atoms with E-state index in [4.69, 9.17) is 33.2 Å². The quantitative estimate of drug-likeness (QED) is 0.215. The predicted molar refractivity (Wildman–Crippen MR) is 206 cm³/mol. The van der Waals surface area contributed by atoms with Gasteiger partial charge < -0.3 is 58.5 Å². The summed E-state index contributed by atoms with van der Waals surface area (Å²) in [5.74, 6) is -5.68. The van der Waals surface area contributed by atoms with Crippen molar-refractivity contribution in [1.29, 1.82) is 0 Å². The average Bonchev–Trinajstić information content (AvgIpc) is 3.16. The predicted octanol–water partition coefficient (Wildman–Crippen LogP) is 2.73. The smallest absolute Gasteiger partial charge is 0.316 e. The Balaban J connectivity index is 1.16. The number of esters is 1. The van der Waals surface area contributed by atoms with Gasteiger partial charge in [0.05, 0.1) is 48.3 Å². The first-order valence-corrected chi connectivity index (χ1v) is 20.2. The minimum Gasteiger partial charge on any atom is -0.507 e. The van der Waals surface area contributed by atoms with E-state index in [1.807, 2.05) is 19.0 Å². The lowest BCUT2D eigenvalue weighted by molar-refractivity contribution is -0.324. The van der Waals surface area contributed by atoms with Gasteiger partial charge in [-0.3, -0.25) is 24.0 Å². The number of phenolic OH excluding ortho intramolecular Hbond substituents is 2. The molecule has 5 aliphatic rings. The molecule has 17 nitrogen and oxygen atoms in total. The molecule has 0 radical (unpaired) electrons. The summed E-state index contributed by atoms with van der Waals surface area (Å²) < 4.78 is 42.5. The number of rotatable bonds is 10. The van der Waals surface area contributed by atoms with E-state index in [9.17, 15) is 44.4 Å². The molecule has 3 heterocycles. The molecule has 17 heteroatoms. The van der Waals surface area contributed by atoms with E-state index in [1.54, 1.807) is 20.8 Å². The van der Waals surface area contributed by atoms with Crippen LogP contribution in [0, 0.1) is 0 Å². The number of phenols is 2. The molecule has 7 rings (SSSR count). The van der Waals surface area contributed by atoms with Gasteiger partial charge in [0.1, 0.15) is 41.5 Å². The van der Waals surface area contributed by atoms with E-state index in [0.29, 0.717) is 12.8 Å². The number of fused-ring (bicyclic) bond motifs is 3. The number of ether oxygens (including phenoxy) is 7. The van der Waals surface area contributed by atoms with Gasteiger partial charge in [-0.15, -0.1) is 0 Å². The topological polar surface area (TPSA) is 234 Å². The second-order valence-corrected chi connectivity index (χ2v) is 16.8. The molecule has 3 aliphatic heterocycles. The van der Waals surface area contributed by atoms with Crippen molar-refractivity contribution in [3.63, 3.8) is 0 Å². The van der Waals surface area contributed by atoms with Crippen LogP contribution < -0.4 is 0 Å². The largest absolute Gasteiger partial charge is 0.507 e. The molecule has 0 aromatic heterocycles. The third kappa shape index (κ3) is 8.02. The third-order valence-corrected chi connectivity index (χ3v) is 12.4. The maximum atomic E-state index is 14.0. The molecule has 0 saturated carbocycles. The van der Waals surface area contributed by atoms with Crippen LogP contribution in [0.2, 0.25) is 0 Å². The molecule has 0 amide bonds. The van der Waals surface area contributed by atoms with Crippen molar-refractivity contribution >= 4 is 29.1 Å². The summed E-state index contributed by atoms with van der Waals surface area (Å²) in [6.45, 7) is 6.44. The van der Waals surface area contributed by atoms with Crippen molar-refractivity contribution in [3.8, 4) is 11.5 Å². The van der Waals surface area contributed by atoms with E-state index >= 15 is 0 Å². The molecular weight excluding hydrogens is 786 g/mol. The van der Waals surface area contributed by atoms with Crippen LogP contribution in [0.25, 0.3) is 0 Å². The zero-order valence-electron chi connectivity index (χ0n) is 34.6. The van der Waals surface area contributed by atoms with Crippen LogP contribution in [-0.4, -0.2) is 143 Å². The number of benzene rings is 2. The van der Waals surface area contributed by atoms with Gasteiger partial charge in [-0.05, 0) is 59.5 Å². The van der Waals surface area contributed by atoms with Gasteiger partial charge in [0.25, 0.3) is 0 Å². The molecule has 326 valence electrons. The number of ketones is 4. The van der Waals surface area contributed by atoms with Crippen molar-refractivity contribution in [3.05, 3.63) is 57.6 Å². The van der Waals surface area contributed by atoms with Gasteiger partial charge in [-0.2, -0.15) is 0 Å². The standard InChI is InChI=1S/C43H53NO16/c1-18(45)16-43(53)17-29(34-23(36(43)42(52)54-7)13-24-35(39(34)51)38(50)33-22(37(24)49)9-8-10-27(33)47)58-31-14-25(44(5)6)40(20(3)56-31)60-32-15-28(48)41(21(4)57-32)59-30-12-11-26(46)19(2)55-30/h8-10,13,19-21,25,28-32,36,40-41,47-48,51,53H,11-12,14-17H2,1-7H3/t19-,20-,21+,25+,28+,29+,30-,31+,32-,36+,40-,41-,43-/m1/s1. The lowest BCUT2D eigenvalue weighted by Gasteiger charge is -2.48. The minimum atomic E-state index is -2.13. The molecule has 3 saturated heterocycles. The highest BCUT2D eigenvalue weighted by molar-refractivity contribution is 6.30. The van der Waals surface area contributed by atoms with Gasteiger partial charge in [-0.1, -0.05) is 12.1 Å². The minimum absolute atomic E-state index is 0.00629. The summed E-state index contributed by atoms with van der Waals surface area (Å²) in [5, 5.41) is 46.1. The van der Waals surface area contributed by atoms with Crippen LogP contribution in [0.3, 0.4) is 0 Å². The Kier molecular flexibility index (Phi) is 12.4.